The van der Waals surface area contributed by atoms with Crippen molar-refractivity contribution < 1.29 is 47.5 Å². The zero-order valence-corrected chi connectivity index (χ0v) is 29.7. The lowest BCUT2D eigenvalue weighted by molar-refractivity contribution is -0.159. The summed E-state index contributed by atoms with van der Waals surface area (Å²) in [6.45, 7) is 10.7. The minimum Gasteiger partial charge on any atom is -0.497 e. The second kappa shape index (κ2) is 18.8. The maximum Gasteiger partial charge on any atom is 0.309 e. The third-order valence-electron chi connectivity index (χ3n) is 7.64. The van der Waals surface area contributed by atoms with Crippen LogP contribution in [0.2, 0.25) is 0 Å². The van der Waals surface area contributed by atoms with Gasteiger partial charge >= 0.3 is 11.9 Å². The van der Waals surface area contributed by atoms with Crippen molar-refractivity contribution in [2.45, 2.75) is 78.6 Å². The molecule has 266 valence electrons. The van der Waals surface area contributed by atoms with Crippen LogP contribution in [-0.2, 0) is 30.2 Å². The van der Waals surface area contributed by atoms with Crippen LogP contribution in [0.1, 0.15) is 70.4 Å². The highest BCUT2D eigenvalue weighted by molar-refractivity contribution is 5.99. The monoisotopic (exact) mass is 679 g/mol. The summed E-state index contributed by atoms with van der Waals surface area (Å²) < 4.78 is 39.8. The minimum atomic E-state index is -0.828. The number of benzene rings is 2. The maximum atomic E-state index is 13.5. The molecule has 11 nitrogen and oxygen atoms in total. The number of ketones is 1. The highest BCUT2D eigenvalue weighted by atomic mass is 16.7. The van der Waals surface area contributed by atoms with E-state index in [1.165, 1.54) is 26.3 Å². The predicted octanol–water partition coefficient (Wildman–Crippen LogP) is 6.65. The molecule has 3 rings (SSSR count). The number of pyridine rings is 1. The maximum absolute atomic E-state index is 13.5. The molecule has 4 atom stereocenters. The predicted molar refractivity (Wildman–Crippen MR) is 183 cm³/mol. The van der Waals surface area contributed by atoms with E-state index >= 15 is 0 Å². The highest BCUT2D eigenvalue weighted by Gasteiger charge is 2.34. The minimum absolute atomic E-state index is 0.0142. The van der Waals surface area contributed by atoms with Crippen LogP contribution in [0, 0.1) is 11.8 Å². The number of carbonyl (C=O) groups excluding carboxylic acids is 3. The summed E-state index contributed by atoms with van der Waals surface area (Å²) in [5.41, 5.74) is 0.685. The summed E-state index contributed by atoms with van der Waals surface area (Å²) in [5, 5.41) is 0. The molecule has 0 aliphatic heterocycles. The summed E-state index contributed by atoms with van der Waals surface area (Å²) in [7, 11) is 3.04. The Morgan fingerprint density at radius 3 is 2.18 bits per heavy atom. The van der Waals surface area contributed by atoms with Crippen LogP contribution < -0.4 is 18.9 Å². The fourth-order valence-corrected chi connectivity index (χ4v) is 5.12. The lowest BCUT2D eigenvalue weighted by atomic mass is 9.88. The van der Waals surface area contributed by atoms with Crippen molar-refractivity contribution >= 4 is 17.7 Å². The van der Waals surface area contributed by atoms with Crippen LogP contribution in [0.15, 0.2) is 66.9 Å². The molecule has 0 unspecified atom stereocenters. The number of Topliss-reactive ketones (excluding diaryl/α,β-unsaturated/α-hetero) is 1. The van der Waals surface area contributed by atoms with Crippen molar-refractivity contribution in [3.05, 3.63) is 78.1 Å². The van der Waals surface area contributed by atoms with Gasteiger partial charge in [-0.05, 0) is 70.4 Å². The largest absolute Gasteiger partial charge is 0.497 e. The Labute approximate surface area is 289 Å². The van der Waals surface area contributed by atoms with Gasteiger partial charge in [-0.15, -0.1) is 0 Å². The van der Waals surface area contributed by atoms with Gasteiger partial charge in [0.15, 0.2) is 23.0 Å². The number of carbonyl (C=O) groups is 3. The standard InChI is InChI=1S/C38H49NO10/c1-25(22-32(41)34-36(46-24-45-27(3)40)33(44-8)18-20-39-34)37(42)48-26(2)35(49-31-12-10-9-11-13-31)29(19-21-47-38(4,5)6)23-28-14-16-30(43-7)17-15-28/h9-18,20,25-26,29,35H,19,21-24H2,1-8H3/t25-,26+,29-,35+/m1/s1. The van der Waals surface area contributed by atoms with Crippen LogP contribution in [0.4, 0.5) is 0 Å². The van der Waals surface area contributed by atoms with E-state index in [1.807, 2.05) is 75.4 Å². The van der Waals surface area contributed by atoms with Crippen molar-refractivity contribution in [3.8, 4) is 23.0 Å². The topological polar surface area (TPSA) is 129 Å². The van der Waals surface area contributed by atoms with Crippen LogP contribution in [0.25, 0.3) is 0 Å². The first-order valence-electron chi connectivity index (χ1n) is 16.3. The van der Waals surface area contributed by atoms with E-state index in [0.717, 1.165) is 11.3 Å². The van der Waals surface area contributed by atoms with E-state index in [1.54, 1.807) is 21.0 Å². The van der Waals surface area contributed by atoms with E-state index in [-0.39, 0.29) is 35.1 Å². The Morgan fingerprint density at radius 2 is 1.57 bits per heavy atom. The van der Waals surface area contributed by atoms with Gasteiger partial charge in [-0.25, -0.2) is 4.98 Å². The summed E-state index contributed by atoms with van der Waals surface area (Å²) >= 11 is 0. The first-order valence-corrected chi connectivity index (χ1v) is 16.3. The molecule has 2 aromatic carbocycles. The van der Waals surface area contributed by atoms with Crippen molar-refractivity contribution in [1.29, 1.82) is 0 Å². The van der Waals surface area contributed by atoms with Gasteiger partial charge in [-0.3, -0.25) is 14.4 Å². The molecular formula is C38H49NO10. The quantitative estimate of drug-likeness (QED) is 0.0767. The Hall–Kier alpha value is -4.64. The fourth-order valence-electron chi connectivity index (χ4n) is 5.12. The van der Waals surface area contributed by atoms with Crippen LogP contribution in [0.3, 0.4) is 0 Å². The normalized spacial score (nSPS) is 13.7. The molecule has 0 saturated carbocycles. The Morgan fingerprint density at radius 1 is 0.878 bits per heavy atom. The number of aromatic nitrogens is 1. The number of hydrogen-bond donors (Lipinski definition) is 0. The van der Waals surface area contributed by atoms with Crippen LogP contribution in [0.5, 0.6) is 23.0 Å². The first-order chi connectivity index (χ1) is 23.3. The van der Waals surface area contributed by atoms with E-state index in [0.29, 0.717) is 25.2 Å². The number of esters is 2. The van der Waals surface area contributed by atoms with E-state index in [2.05, 4.69) is 4.98 Å². The molecule has 0 bridgehead atoms. The average Bonchev–Trinajstić information content (AvgIpc) is 3.06. The number of ether oxygens (including phenoxy) is 7. The van der Waals surface area contributed by atoms with Gasteiger partial charge in [-0.1, -0.05) is 37.3 Å². The van der Waals surface area contributed by atoms with E-state index in [4.69, 9.17) is 33.2 Å². The van der Waals surface area contributed by atoms with Gasteiger partial charge < -0.3 is 33.2 Å². The molecule has 0 radical (unpaired) electrons. The summed E-state index contributed by atoms with van der Waals surface area (Å²) in [6.07, 6.45) is 1.20. The van der Waals surface area contributed by atoms with Gasteiger partial charge in [0.05, 0.1) is 25.7 Å². The molecule has 1 heterocycles. The van der Waals surface area contributed by atoms with Crippen molar-refractivity contribution in [2.24, 2.45) is 11.8 Å². The zero-order chi connectivity index (χ0) is 36.0. The van der Waals surface area contributed by atoms with Crippen molar-refractivity contribution in [2.75, 3.05) is 27.6 Å². The molecule has 0 aliphatic rings. The molecule has 0 amide bonds. The van der Waals surface area contributed by atoms with Gasteiger partial charge in [0, 0.05) is 38.1 Å². The molecule has 0 saturated heterocycles. The van der Waals surface area contributed by atoms with Gasteiger partial charge in [0.25, 0.3) is 0 Å². The number of para-hydroxylation sites is 1. The van der Waals surface area contributed by atoms with Crippen molar-refractivity contribution in [3.63, 3.8) is 0 Å². The van der Waals surface area contributed by atoms with E-state index < -0.39 is 42.6 Å². The first kappa shape index (κ1) is 38.8. The lowest BCUT2D eigenvalue weighted by Gasteiger charge is -2.33. The van der Waals surface area contributed by atoms with Crippen molar-refractivity contribution in [1.82, 2.24) is 4.98 Å². The summed E-state index contributed by atoms with van der Waals surface area (Å²) in [4.78, 5) is 42.3. The summed E-state index contributed by atoms with van der Waals surface area (Å²) in [6, 6.07) is 18.8. The second-order valence-electron chi connectivity index (χ2n) is 12.7. The molecule has 49 heavy (non-hydrogen) atoms. The number of hydrogen-bond acceptors (Lipinski definition) is 11. The van der Waals surface area contributed by atoms with E-state index in [9.17, 15) is 14.4 Å². The van der Waals surface area contributed by atoms with Crippen LogP contribution in [-0.4, -0.2) is 68.1 Å². The third kappa shape index (κ3) is 12.7. The van der Waals surface area contributed by atoms with Crippen LogP contribution >= 0.6 is 0 Å². The van der Waals surface area contributed by atoms with Gasteiger partial charge in [0.2, 0.25) is 6.79 Å². The smallest absolute Gasteiger partial charge is 0.309 e. The Bertz CT molecular complexity index is 1490. The summed E-state index contributed by atoms with van der Waals surface area (Å²) in [5.74, 6) is -0.895. The number of methoxy groups -OCH3 is 2. The molecule has 11 heteroatoms. The number of nitrogens with zero attached hydrogens (tertiary/aromatic N) is 1. The molecule has 1 aromatic heterocycles. The molecular weight excluding hydrogens is 630 g/mol. The molecule has 0 N–H and O–H groups in total. The third-order valence-corrected chi connectivity index (χ3v) is 7.64. The average molecular weight is 680 g/mol. The van der Waals surface area contributed by atoms with Gasteiger partial charge in [0.1, 0.15) is 23.7 Å². The number of rotatable bonds is 19. The second-order valence-corrected chi connectivity index (χ2v) is 12.7. The fraction of sp³-hybridized carbons (Fsp3) is 0.474. The lowest BCUT2D eigenvalue weighted by Crippen LogP contribution is -2.42. The molecule has 3 aromatic rings. The SMILES string of the molecule is COc1ccc(C[C@@H](CCOC(C)(C)C)[C@@H](Oc2ccccc2)[C@H](C)OC(=O)[C@H](C)CC(=O)c2nccc(OC)c2OCOC(C)=O)cc1. The highest BCUT2D eigenvalue weighted by Crippen LogP contribution is 2.32. The Kier molecular flexibility index (Phi) is 14.9. The van der Waals surface area contributed by atoms with Gasteiger partial charge in [-0.2, -0.15) is 0 Å². The molecule has 0 aliphatic carbocycles. The molecule has 0 fully saturated rings. The zero-order valence-electron chi connectivity index (χ0n) is 29.7. The Balaban J connectivity index is 1.82. The molecule has 0 spiro atoms.